The minimum absolute atomic E-state index is 0.0688. The SMILES string of the molecule is C[C@H]([C@H]1CC[C@H]2[C@H]3CCC4=CC(=O)C=C[C@]4(C)[C@H]3C[C@H](O)[C@]12C)[C@@H](O)CC(=O)O. The second kappa shape index (κ2) is 7.05. The number of hydrogen-bond donors (Lipinski definition) is 3. The van der Waals surface area contributed by atoms with Crippen LogP contribution in [0.2, 0.25) is 0 Å². The third kappa shape index (κ3) is 3.04. The summed E-state index contributed by atoms with van der Waals surface area (Å²) >= 11 is 0. The summed E-state index contributed by atoms with van der Waals surface area (Å²) in [6.07, 6.45) is 8.56. The van der Waals surface area contributed by atoms with Gasteiger partial charge in [0, 0.05) is 5.41 Å². The van der Waals surface area contributed by atoms with Crippen LogP contribution in [-0.2, 0) is 9.59 Å². The summed E-state index contributed by atoms with van der Waals surface area (Å²) < 4.78 is 0. The van der Waals surface area contributed by atoms with Gasteiger partial charge in [-0.05, 0) is 79.3 Å². The first-order valence-electron chi connectivity index (χ1n) is 11.1. The van der Waals surface area contributed by atoms with E-state index >= 15 is 0 Å². The first kappa shape index (κ1) is 20.8. The Hall–Kier alpha value is -1.46. The van der Waals surface area contributed by atoms with Crippen LogP contribution in [0.5, 0.6) is 0 Å². The quantitative estimate of drug-likeness (QED) is 0.670. The Kier molecular flexibility index (Phi) is 5.06. The third-order valence-electron chi connectivity index (χ3n) is 9.36. The van der Waals surface area contributed by atoms with E-state index in [4.69, 9.17) is 5.11 Å². The third-order valence-corrected chi connectivity index (χ3v) is 9.36. The Balaban J connectivity index is 1.62. The zero-order chi connectivity index (χ0) is 21.1. The number of carbonyl (C=O) groups excluding carboxylic acids is 1. The maximum absolute atomic E-state index is 11.9. The molecule has 0 radical (unpaired) electrons. The lowest BCUT2D eigenvalue weighted by atomic mass is 9.46. The van der Waals surface area contributed by atoms with Gasteiger partial charge in [0.1, 0.15) is 0 Å². The largest absolute Gasteiger partial charge is 0.481 e. The molecular formula is C24H34O5. The smallest absolute Gasteiger partial charge is 0.305 e. The molecule has 3 saturated carbocycles. The Morgan fingerprint density at radius 1 is 1.24 bits per heavy atom. The molecule has 5 heteroatoms. The average Bonchev–Trinajstić information content (AvgIpc) is 3.01. The second-order valence-electron chi connectivity index (χ2n) is 10.4. The lowest BCUT2D eigenvalue weighted by Gasteiger charge is -2.59. The number of carboxylic acids is 1. The van der Waals surface area contributed by atoms with Gasteiger partial charge >= 0.3 is 5.97 Å². The minimum atomic E-state index is -0.980. The monoisotopic (exact) mass is 402 g/mol. The average molecular weight is 403 g/mol. The van der Waals surface area contributed by atoms with E-state index in [9.17, 15) is 19.8 Å². The van der Waals surface area contributed by atoms with Crippen molar-refractivity contribution in [2.45, 2.75) is 71.5 Å². The molecule has 4 aliphatic carbocycles. The van der Waals surface area contributed by atoms with Crippen molar-refractivity contribution in [2.24, 2.45) is 40.4 Å². The van der Waals surface area contributed by atoms with Crippen molar-refractivity contribution < 1.29 is 24.9 Å². The Morgan fingerprint density at radius 3 is 2.66 bits per heavy atom. The molecule has 0 amide bonds. The van der Waals surface area contributed by atoms with Gasteiger partial charge in [0.05, 0.1) is 18.6 Å². The molecule has 0 saturated heterocycles. The van der Waals surface area contributed by atoms with Crippen LogP contribution in [0, 0.1) is 40.4 Å². The molecule has 3 N–H and O–H groups in total. The van der Waals surface area contributed by atoms with Gasteiger partial charge in [0.2, 0.25) is 0 Å². The first-order chi connectivity index (χ1) is 13.6. The molecule has 9 atom stereocenters. The molecule has 5 nitrogen and oxygen atoms in total. The molecule has 4 aliphatic rings. The summed E-state index contributed by atoms with van der Waals surface area (Å²) in [6, 6.07) is 0. The van der Waals surface area contributed by atoms with Crippen LogP contribution in [-0.4, -0.2) is 39.3 Å². The number of fused-ring (bicyclic) bond motifs is 5. The molecule has 0 aromatic carbocycles. The normalized spacial score (nSPS) is 45.6. The van der Waals surface area contributed by atoms with Gasteiger partial charge in [-0.1, -0.05) is 32.4 Å². The van der Waals surface area contributed by atoms with Gasteiger partial charge in [0.15, 0.2) is 5.78 Å². The highest BCUT2D eigenvalue weighted by Crippen LogP contribution is 2.67. The summed E-state index contributed by atoms with van der Waals surface area (Å²) in [4.78, 5) is 23.0. The zero-order valence-electron chi connectivity index (χ0n) is 17.7. The molecule has 3 fully saturated rings. The molecule has 29 heavy (non-hydrogen) atoms. The molecule has 0 aromatic rings. The van der Waals surface area contributed by atoms with Gasteiger partial charge < -0.3 is 15.3 Å². The molecule has 0 unspecified atom stereocenters. The molecular weight excluding hydrogens is 368 g/mol. The predicted molar refractivity (Wildman–Crippen MR) is 109 cm³/mol. The molecule has 0 aliphatic heterocycles. The first-order valence-corrected chi connectivity index (χ1v) is 11.1. The number of carbonyl (C=O) groups is 2. The highest BCUT2D eigenvalue weighted by atomic mass is 16.4. The minimum Gasteiger partial charge on any atom is -0.481 e. The number of carboxylic acid groups (broad SMARTS) is 1. The van der Waals surface area contributed by atoms with E-state index in [1.165, 1.54) is 5.57 Å². The van der Waals surface area contributed by atoms with Gasteiger partial charge in [0.25, 0.3) is 0 Å². The van der Waals surface area contributed by atoms with Gasteiger partial charge in [-0.25, -0.2) is 0 Å². The van der Waals surface area contributed by atoms with Crippen molar-refractivity contribution in [2.75, 3.05) is 0 Å². The van der Waals surface area contributed by atoms with E-state index in [1.807, 2.05) is 6.92 Å². The number of hydrogen-bond acceptors (Lipinski definition) is 4. The summed E-state index contributed by atoms with van der Waals surface area (Å²) in [5.41, 5.74) is 0.749. The number of aliphatic carboxylic acids is 1. The summed E-state index contributed by atoms with van der Waals surface area (Å²) in [7, 11) is 0. The van der Waals surface area contributed by atoms with E-state index in [1.54, 1.807) is 12.2 Å². The fourth-order valence-corrected chi connectivity index (χ4v) is 7.69. The molecule has 0 aromatic heterocycles. The number of aliphatic hydroxyl groups is 2. The fourth-order valence-electron chi connectivity index (χ4n) is 7.69. The second-order valence-corrected chi connectivity index (χ2v) is 10.4. The van der Waals surface area contributed by atoms with Crippen LogP contribution in [0.15, 0.2) is 23.8 Å². The van der Waals surface area contributed by atoms with Crippen molar-refractivity contribution in [3.8, 4) is 0 Å². The van der Waals surface area contributed by atoms with Gasteiger partial charge in [-0.15, -0.1) is 0 Å². The van der Waals surface area contributed by atoms with Crippen molar-refractivity contribution in [3.63, 3.8) is 0 Å². The predicted octanol–water partition coefficient (Wildman–Crippen LogP) is 3.35. The van der Waals surface area contributed by atoms with E-state index in [0.717, 1.165) is 25.7 Å². The standard InChI is InChI=1S/C24H34O5/c1-13(20(26)12-22(28)29)17-6-7-18-16-5-4-14-10-15(25)8-9-23(14,2)19(16)11-21(27)24(17,18)3/h8-10,13,16-21,26-27H,4-7,11-12H2,1-3H3,(H,28,29)/t13-,16-,17-,18+,19+,20+,21+,23+,24-/m1/s1. The summed E-state index contributed by atoms with van der Waals surface area (Å²) in [5, 5.41) is 31.0. The highest BCUT2D eigenvalue weighted by Gasteiger charge is 2.63. The molecule has 0 bridgehead atoms. The maximum atomic E-state index is 11.9. The van der Waals surface area contributed by atoms with Crippen LogP contribution in [0.4, 0.5) is 0 Å². The topological polar surface area (TPSA) is 94.8 Å². The Labute approximate surface area is 172 Å². The van der Waals surface area contributed by atoms with E-state index in [-0.39, 0.29) is 34.9 Å². The summed E-state index contributed by atoms with van der Waals surface area (Å²) in [6.45, 7) is 6.34. The van der Waals surface area contributed by atoms with Crippen molar-refractivity contribution in [1.82, 2.24) is 0 Å². The molecule has 0 spiro atoms. The van der Waals surface area contributed by atoms with E-state index in [2.05, 4.69) is 19.9 Å². The summed E-state index contributed by atoms with van der Waals surface area (Å²) in [5.74, 6) is 0.214. The van der Waals surface area contributed by atoms with Crippen LogP contribution < -0.4 is 0 Å². The number of allylic oxidation sites excluding steroid dienone is 4. The van der Waals surface area contributed by atoms with Crippen LogP contribution in [0.1, 0.15) is 59.3 Å². The Morgan fingerprint density at radius 2 is 1.97 bits per heavy atom. The number of ketones is 1. The van der Waals surface area contributed by atoms with Crippen molar-refractivity contribution in [1.29, 1.82) is 0 Å². The van der Waals surface area contributed by atoms with Crippen LogP contribution in [0.25, 0.3) is 0 Å². The number of rotatable bonds is 4. The van der Waals surface area contributed by atoms with Gasteiger partial charge in [-0.3, -0.25) is 9.59 Å². The lowest BCUT2D eigenvalue weighted by Crippen LogP contribution is -2.57. The Bertz CT molecular complexity index is 769. The van der Waals surface area contributed by atoms with Crippen molar-refractivity contribution >= 4 is 11.8 Å². The van der Waals surface area contributed by atoms with Crippen LogP contribution >= 0.6 is 0 Å². The lowest BCUT2D eigenvalue weighted by molar-refractivity contribution is -0.146. The number of aliphatic hydroxyl groups excluding tert-OH is 2. The molecule has 160 valence electrons. The van der Waals surface area contributed by atoms with Crippen LogP contribution in [0.3, 0.4) is 0 Å². The van der Waals surface area contributed by atoms with E-state index in [0.29, 0.717) is 24.2 Å². The zero-order valence-corrected chi connectivity index (χ0v) is 17.7. The van der Waals surface area contributed by atoms with Gasteiger partial charge in [-0.2, -0.15) is 0 Å². The fraction of sp³-hybridized carbons (Fsp3) is 0.750. The van der Waals surface area contributed by atoms with E-state index < -0.39 is 18.2 Å². The molecule has 4 rings (SSSR count). The molecule has 0 heterocycles. The maximum Gasteiger partial charge on any atom is 0.305 e. The highest BCUT2D eigenvalue weighted by molar-refractivity contribution is 6.01. The van der Waals surface area contributed by atoms with Crippen molar-refractivity contribution in [3.05, 3.63) is 23.8 Å².